The van der Waals surface area contributed by atoms with Gasteiger partial charge in [0.25, 0.3) is 5.69 Å². The monoisotopic (exact) mass is 262 g/mol. The van der Waals surface area contributed by atoms with E-state index in [2.05, 4.69) is 15.5 Å². The molecule has 19 heavy (non-hydrogen) atoms. The summed E-state index contributed by atoms with van der Waals surface area (Å²) in [7, 11) is 0. The lowest BCUT2D eigenvalue weighted by Gasteiger charge is -2.07. The molecule has 0 fully saturated rings. The van der Waals surface area contributed by atoms with E-state index in [1.165, 1.54) is 6.07 Å². The van der Waals surface area contributed by atoms with Crippen molar-refractivity contribution in [1.29, 1.82) is 0 Å². The minimum atomic E-state index is -0.404. The number of non-ortho nitro benzene ring substituents is 1. The summed E-state index contributed by atoms with van der Waals surface area (Å²) in [6, 6.07) is 4.73. The maximum atomic E-state index is 10.6. The Morgan fingerprint density at radius 3 is 2.79 bits per heavy atom. The Kier molecular flexibility index (Phi) is 3.74. The molecule has 0 unspecified atom stereocenters. The zero-order valence-corrected chi connectivity index (χ0v) is 10.7. The number of rotatable bonds is 5. The summed E-state index contributed by atoms with van der Waals surface area (Å²) in [5.74, 6) is 1.19. The van der Waals surface area contributed by atoms with E-state index in [9.17, 15) is 10.1 Å². The van der Waals surface area contributed by atoms with Crippen LogP contribution in [0.1, 0.15) is 17.3 Å². The molecule has 1 heterocycles. The maximum Gasteiger partial charge on any atom is 0.269 e. The fourth-order valence-electron chi connectivity index (χ4n) is 1.71. The van der Waals surface area contributed by atoms with E-state index in [0.29, 0.717) is 24.7 Å². The van der Waals surface area contributed by atoms with Crippen LogP contribution >= 0.6 is 0 Å². The molecular formula is C12H14N4O3. The first-order chi connectivity index (χ1) is 9.06. The van der Waals surface area contributed by atoms with Gasteiger partial charge in [0.2, 0.25) is 5.89 Å². The molecular weight excluding hydrogens is 248 g/mol. The molecule has 7 heteroatoms. The van der Waals surface area contributed by atoms with E-state index in [4.69, 9.17) is 4.52 Å². The molecule has 2 aromatic rings. The predicted octanol–water partition coefficient (Wildman–Crippen LogP) is 2.25. The molecule has 0 radical (unpaired) electrons. The van der Waals surface area contributed by atoms with Gasteiger partial charge in [0.05, 0.1) is 4.92 Å². The van der Waals surface area contributed by atoms with Crippen LogP contribution in [-0.4, -0.2) is 21.6 Å². The molecule has 1 aromatic heterocycles. The number of aryl methyl sites for hydroxylation is 2. The molecule has 0 aliphatic heterocycles. The van der Waals surface area contributed by atoms with E-state index in [1.807, 2.05) is 6.92 Å². The van der Waals surface area contributed by atoms with Crippen molar-refractivity contribution >= 4 is 11.4 Å². The molecule has 0 spiro atoms. The van der Waals surface area contributed by atoms with Crippen molar-refractivity contribution in [2.45, 2.75) is 20.3 Å². The maximum absolute atomic E-state index is 10.6. The van der Waals surface area contributed by atoms with Gasteiger partial charge in [0.15, 0.2) is 5.82 Å². The number of nitrogens with one attached hydrogen (secondary N) is 1. The zero-order valence-electron chi connectivity index (χ0n) is 10.7. The van der Waals surface area contributed by atoms with Crippen molar-refractivity contribution in [2.24, 2.45) is 0 Å². The van der Waals surface area contributed by atoms with Crippen LogP contribution in [0.15, 0.2) is 22.7 Å². The van der Waals surface area contributed by atoms with Crippen molar-refractivity contribution in [3.63, 3.8) is 0 Å². The highest BCUT2D eigenvalue weighted by Gasteiger charge is 2.08. The minimum Gasteiger partial charge on any atom is -0.384 e. The third-order valence-electron chi connectivity index (χ3n) is 2.65. The van der Waals surface area contributed by atoms with Gasteiger partial charge in [0, 0.05) is 37.7 Å². The van der Waals surface area contributed by atoms with Gasteiger partial charge in [-0.2, -0.15) is 4.98 Å². The molecule has 7 nitrogen and oxygen atoms in total. The fraction of sp³-hybridized carbons (Fsp3) is 0.333. The van der Waals surface area contributed by atoms with E-state index in [0.717, 1.165) is 11.3 Å². The molecule has 0 saturated carbocycles. The second-order valence-corrected chi connectivity index (χ2v) is 4.16. The normalized spacial score (nSPS) is 10.4. The van der Waals surface area contributed by atoms with Gasteiger partial charge < -0.3 is 9.84 Å². The van der Waals surface area contributed by atoms with E-state index in [1.54, 1.807) is 19.1 Å². The van der Waals surface area contributed by atoms with Crippen LogP contribution in [0.2, 0.25) is 0 Å². The fourth-order valence-corrected chi connectivity index (χ4v) is 1.71. The van der Waals surface area contributed by atoms with Crippen molar-refractivity contribution in [3.05, 3.63) is 45.6 Å². The Labute approximate surface area is 109 Å². The number of hydrogen-bond donors (Lipinski definition) is 1. The lowest BCUT2D eigenvalue weighted by molar-refractivity contribution is -0.384. The lowest BCUT2D eigenvalue weighted by Crippen LogP contribution is -2.07. The predicted molar refractivity (Wildman–Crippen MR) is 69.1 cm³/mol. The molecule has 0 bridgehead atoms. The third-order valence-corrected chi connectivity index (χ3v) is 2.65. The van der Waals surface area contributed by atoms with Crippen molar-refractivity contribution in [1.82, 2.24) is 10.1 Å². The number of benzene rings is 1. The van der Waals surface area contributed by atoms with Gasteiger partial charge in [-0.1, -0.05) is 5.16 Å². The van der Waals surface area contributed by atoms with E-state index >= 15 is 0 Å². The van der Waals surface area contributed by atoms with E-state index in [-0.39, 0.29) is 5.69 Å². The molecule has 2 rings (SSSR count). The Hall–Kier alpha value is -2.44. The van der Waals surface area contributed by atoms with Crippen LogP contribution in [0.3, 0.4) is 0 Å². The standard InChI is InChI=1S/C12H14N4O3/c1-8-7-10(16(17)18)3-4-11(8)13-6-5-12-14-9(2)19-15-12/h3-4,7,13H,5-6H2,1-2H3. The highest BCUT2D eigenvalue weighted by atomic mass is 16.6. The van der Waals surface area contributed by atoms with Gasteiger partial charge >= 0.3 is 0 Å². The summed E-state index contributed by atoms with van der Waals surface area (Å²) in [4.78, 5) is 14.3. The molecule has 1 aromatic carbocycles. The van der Waals surface area contributed by atoms with Crippen LogP contribution in [0.25, 0.3) is 0 Å². The van der Waals surface area contributed by atoms with Crippen LogP contribution in [-0.2, 0) is 6.42 Å². The van der Waals surface area contributed by atoms with E-state index < -0.39 is 4.92 Å². The van der Waals surface area contributed by atoms with Crippen molar-refractivity contribution < 1.29 is 9.45 Å². The quantitative estimate of drug-likeness (QED) is 0.656. The average Bonchev–Trinajstić information content (AvgIpc) is 2.77. The Morgan fingerprint density at radius 2 is 2.21 bits per heavy atom. The highest BCUT2D eigenvalue weighted by Crippen LogP contribution is 2.20. The second-order valence-electron chi connectivity index (χ2n) is 4.16. The summed E-state index contributed by atoms with van der Waals surface area (Å²) in [5.41, 5.74) is 1.79. The number of nitro groups is 1. The molecule has 100 valence electrons. The average molecular weight is 262 g/mol. The van der Waals surface area contributed by atoms with Crippen LogP contribution in [0.5, 0.6) is 0 Å². The number of nitrogens with zero attached hydrogens (tertiary/aromatic N) is 3. The first kappa shape index (κ1) is 13.0. The minimum absolute atomic E-state index is 0.0943. The third kappa shape index (κ3) is 3.27. The lowest BCUT2D eigenvalue weighted by atomic mass is 10.2. The first-order valence-corrected chi connectivity index (χ1v) is 5.84. The second kappa shape index (κ2) is 5.47. The van der Waals surface area contributed by atoms with Crippen LogP contribution in [0.4, 0.5) is 11.4 Å². The van der Waals surface area contributed by atoms with Crippen LogP contribution in [0, 0.1) is 24.0 Å². The molecule has 1 N–H and O–H groups in total. The summed E-state index contributed by atoms with van der Waals surface area (Å²) in [6.07, 6.45) is 0.633. The first-order valence-electron chi connectivity index (χ1n) is 5.84. The SMILES string of the molecule is Cc1nc(CCNc2ccc([N+](=O)[O-])cc2C)no1. The molecule has 0 saturated heterocycles. The molecule has 0 amide bonds. The molecule has 0 aliphatic carbocycles. The Morgan fingerprint density at radius 1 is 1.42 bits per heavy atom. The van der Waals surface area contributed by atoms with Crippen molar-refractivity contribution in [2.75, 3.05) is 11.9 Å². The van der Waals surface area contributed by atoms with Gasteiger partial charge in [-0.05, 0) is 18.6 Å². The number of anilines is 1. The topological polar surface area (TPSA) is 94.1 Å². The largest absolute Gasteiger partial charge is 0.384 e. The van der Waals surface area contributed by atoms with Crippen LogP contribution < -0.4 is 5.32 Å². The Bertz CT molecular complexity index is 594. The van der Waals surface area contributed by atoms with Gasteiger partial charge in [-0.3, -0.25) is 10.1 Å². The number of nitro benzene ring substituents is 1. The van der Waals surface area contributed by atoms with Crippen molar-refractivity contribution in [3.8, 4) is 0 Å². The highest BCUT2D eigenvalue weighted by molar-refractivity contribution is 5.55. The molecule has 0 aliphatic rings. The summed E-state index contributed by atoms with van der Waals surface area (Å²) in [6.45, 7) is 4.20. The number of aromatic nitrogens is 2. The Balaban J connectivity index is 1.94. The number of hydrogen-bond acceptors (Lipinski definition) is 6. The van der Waals surface area contributed by atoms with Gasteiger partial charge in [-0.15, -0.1) is 0 Å². The smallest absolute Gasteiger partial charge is 0.269 e. The van der Waals surface area contributed by atoms with Gasteiger partial charge in [-0.25, -0.2) is 0 Å². The van der Waals surface area contributed by atoms with Gasteiger partial charge in [0.1, 0.15) is 0 Å². The zero-order chi connectivity index (χ0) is 13.8. The summed E-state index contributed by atoms with van der Waals surface area (Å²) < 4.78 is 4.87. The summed E-state index contributed by atoms with van der Waals surface area (Å²) >= 11 is 0. The summed E-state index contributed by atoms with van der Waals surface area (Å²) in [5, 5.41) is 17.6. The molecule has 0 atom stereocenters.